The van der Waals surface area contributed by atoms with E-state index in [1.54, 1.807) is 17.4 Å². The summed E-state index contributed by atoms with van der Waals surface area (Å²) in [4.78, 5) is 16.6. The largest absolute Gasteiger partial charge is 0.479 e. The van der Waals surface area contributed by atoms with Crippen LogP contribution in [0.4, 0.5) is 13.2 Å². The number of nitrogens with zero attached hydrogens (tertiary/aromatic N) is 1. The van der Waals surface area contributed by atoms with Crippen LogP contribution in [0.15, 0.2) is 54.6 Å². The van der Waals surface area contributed by atoms with Crippen molar-refractivity contribution in [3.8, 4) is 16.2 Å². The zero-order chi connectivity index (χ0) is 28.9. The summed E-state index contributed by atoms with van der Waals surface area (Å²) >= 11 is 1.57. The van der Waals surface area contributed by atoms with E-state index in [0.717, 1.165) is 71.7 Å². The van der Waals surface area contributed by atoms with Gasteiger partial charge in [0.15, 0.2) is 6.10 Å². The van der Waals surface area contributed by atoms with E-state index >= 15 is 0 Å². The Kier molecular flexibility index (Phi) is 9.55. The van der Waals surface area contributed by atoms with Crippen molar-refractivity contribution in [2.45, 2.75) is 38.1 Å². The van der Waals surface area contributed by atoms with Gasteiger partial charge in [0, 0.05) is 35.8 Å². The van der Waals surface area contributed by atoms with Gasteiger partial charge in [-0.2, -0.15) is 21.6 Å². The molecule has 216 valence electrons. The lowest BCUT2D eigenvalue weighted by molar-refractivity contribution is -0.149. The maximum atomic E-state index is 12.9. The van der Waals surface area contributed by atoms with E-state index in [-0.39, 0.29) is 13.0 Å². The Bertz CT molecular complexity index is 1420. The van der Waals surface area contributed by atoms with Crippen LogP contribution < -0.4 is 4.74 Å². The summed E-state index contributed by atoms with van der Waals surface area (Å²) < 4.78 is 76.5. The lowest BCUT2D eigenvalue weighted by Gasteiger charge is -2.18. The average molecular weight is 598 g/mol. The third-order valence-corrected chi connectivity index (χ3v) is 8.24. The van der Waals surface area contributed by atoms with Gasteiger partial charge in [-0.1, -0.05) is 18.2 Å². The number of benzene rings is 2. The van der Waals surface area contributed by atoms with Crippen LogP contribution in [-0.4, -0.2) is 58.5 Å². The predicted octanol–water partition coefficient (Wildman–Crippen LogP) is 5.32. The molecule has 1 aromatic heterocycles. The van der Waals surface area contributed by atoms with Crippen molar-refractivity contribution in [1.29, 1.82) is 0 Å². The van der Waals surface area contributed by atoms with E-state index in [1.807, 2.05) is 24.3 Å². The molecule has 0 amide bonds. The highest BCUT2D eigenvalue weighted by atomic mass is 32.2. The molecule has 1 aliphatic heterocycles. The van der Waals surface area contributed by atoms with Crippen LogP contribution in [0.5, 0.6) is 5.75 Å². The molecule has 0 radical (unpaired) electrons. The molecule has 40 heavy (non-hydrogen) atoms. The van der Waals surface area contributed by atoms with Crippen LogP contribution in [0.2, 0.25) is 0 Å². The van der Waals surface area contributed by atoms with Crippen molar-refractivity contribution in [2.75, 3.05) is 33.1 Å². The zero-order valence-electron chi connectivity index (χ0n) is 22.1. The van der Waals surface area contributed by atoms with Gasteiger partial charge < -0.3 is 9.47 Å². The molecular weight excluding hydrogens is 567 g/mol. The molecule has 0 saturated heterocycles. The first kappa shape index (κ1) is 30.0. The molecule has 0 N–H and O–H groups in total. The quantitative estimate of drug-likeness (QED) is 0.231. The number of esters is 1. The molecule has 3 aromatic rings. The number of halogens is 3. The molecule has 0 bridgehead atoms. The van der Waals surface area contributed by atoms with E-state index in [2.05, 4.69) is 4.90 Å². The van der Waals surface area contributed by atoms with E-state index in [0.29, 0.717) is 5.75 Å². The van der Waals surface area contributed by atoms with Crippen molar-refractivity contribution in [2.24, 2.45) is 0 Å². The van der Waals surface area contributed by atoms with Gasteiger partial charge in [-0.25, -0.2) is 4.79 Å². The number of fused-ring (bicyclic) bond motifs is 1. The first-order valence-corrected chi connectivity index (χ1v) is 15.2. The van der Waals surface area contributed by atoms with Gasteiger partial charge in [0.05, 0.1) is 25.5 Å². The van der Waals surface area contributed by atoms with Crippen molar-refractivity contribution >= 4 is 27.4 Å². The van der Waals surface area contributed by atoms with Crippen LogP contribution >= 0.6 is 11.3 Å². The number of rotatable bonds is 10. The molecule has 2 heterocycles. The Morgan fingerprint density at radius 3 is 2.38 bits per heavy atom. The normalized spacial score (nSPS) is 15.2. The third kappa shape index (κ3) is 8.29. The molecule has 1 aliphatic rings. The van der Waals surface area contributed by atoms with Crippen LogP contribution in [0.25, 0.3) is 10.4 Å². The second-order valence-corrected chi connectivity index (χ2v) is 12.3. The van der Waals surface area contributed by atoms with Crippen LogP contribution in [0.3, 0.4) is 0 Å². The Morgan fingerprint density at radius 2 is 1.73 bits per heavy atom. The van der Waals surface area contributed by atoms with Crippen LogP contribution in [-0.2, 0) is 49.4 Å². The lowest BCUT2D eigenvalue weighted by atomic mass is 10.0. The summed E-state index contributed by atoms with van der Waals surface area (Å²) in [6.45, 7) is 2.16. The predicted molar refractivity (Wildman–Crippen MR) is 146 cm³/mol. The molecule has 0 aliphatic carbocycles. The molecule has 7 nitrogen and oxygen atoms in total. The highest BCUT2D eigenvalue weighted by Gasteiger charge is 2.30. The minimum absolute atomic E-state index is 0.0138. The summed E-state index contributed by atoms with van der Waals surface area (Å²) in [5.41, 5.74) is 2.38. The number of methoxy groups -OCH3 is 1. The van der Waals surface area contributed by atoms with E-state index in [4.69, 9.17) is 13.7 Å². The Labute approximate surface area is 235 Å². The van der Waals surface area contributed by atoms with Gasteiger partial charge in [-0.3, -0.25) is 9.08 Å². The van der Waals surface area contributed by atoms with E-state index in [1.165, 1.54) is 24.8 Å². The fourth-order valence-corrected chi connectivity index (χ4v) is 5.92. The molecule has 0 fully saturated rings. The number of carbonyl (C=O) groups is 1. The second-order valence-electron chi connectivity index (χ2n) is 9.49. The summed E-state index contributed by atoms with van der Waals surface area (Å²) in [6, 6.07) is 14.8. The van der Waals surface area contributed by atoms with Crippen molar-refractivity contribution < 1.29 is 40.0 Å². The number of hydrogen-bond donors (Lipinski definition) is 0. The maximum Gasteiger partial charge on any atom is 0.416 e. The van der Waals surface area contributed by atoms with Gasteiger partial charge in [0.1, 0.15) is 5.75 Å². The molecule has 0 spiro atoms. The van der Waals surface area contributed by atoms with E-state index < -0.39 is 33.9 Å². The van der Waals surface area contributed by atoms with Gasteiger partial charge >= 0.3 is 12.1 Å². The Hall–Kier alpha value is -2.93. The number of thiophene rings is 1. The number of hydrogen-bond acceptors (Lipinski definition) is 8. The first-order chi connectivity index (χ1) is 18.9. The smallest absolute Gasteiger partial charge is 0.416 e. The van der Waals surface area contributed by atoms with Crippen molar-refractivity contribution in [3.63, 3.8) is 0 Å². The van der Waals surface area contributed by atoms with Crippen LogP contribution in [0.1, 0.15) is 28.0 Å². The Morgan fingerprint density at radius 1 is 1.02 bits per heavy atom. The minimum Gasteiger partial charge on any atom is -0.479 e. The van der Waals surface area contributed by atoms with Gasteiger partial charge in [-0.15, -0.1) is 11.3 Å². The van der Waals surface area contributed by atoms with E-state index in [9.17, 15) is 26.4 Å². The van der Waals surface area contributed by atoms with Gasteiger partial charge in [0.2, 0.25) is 0 Å². The topological polar surface area (TPSA) is 82.1 Å². The zero-order valence-corrected chi connectivity index (χ0v) is 23.7. The summed E-state index contributed by atoms with van der Waals surface area (Å²) in [5.74, 6) is -0.133. The summed E-state index contributed by atoms with van der Waals surface area (Å²) in [5, 5.41) is 0. The highest BCUT2D eigenvalue weighted by Crippen LogP contribution is 2.34. The minimum atomic E-state index is -4.35. The van der Waals surface area contributed by atoms with Gasteiger partial charge in [-0.05, 0) is 65.9 Å². The molecular formula is C28H30F3NO6S2. The monoisotopic (exact) mass is 597 g/mol. The second kappa shape index (κ2) is 12.7. The molecule has 4 rings (SSSR count). The molecule has 0 saturated carbocycles. The fraction of sp³-hybridized carbons (Fsp3) is 0.393. The number of carbonyl (C=O) groups excluding carboxylic acids is 1. The fourth-order valence-electron chi connectivity index (χ4n) is 4.47. The Balaban J connectivity index is 1.36. The van der Waals surface area contributed by atoms with Crippen molar-refractivity contribution in [3.05, 3.63) is 76.2 Å². The lowest BCUT2D eigenvalue weighted by Crippen LogP contribution is -2.30. The molecule has 1 unspecified atom stereocenters. The van der Waals surface area contributed by atoms with Gasteiger partial charge in [0.25, 0.3) is 10.1 Å². The first-order valence-electron chi connectivity index (χ1n) is 12.6. The highest BCUT2D eigenvalue weighted by molar-refractivity contribution is 7.85. The standard InChI is InChI=1S/C28H30F3NO6S2/c1-36-27(33)25(13-16-37-40(2,34)35)38-23-8-5-19-11-14-32(15-12-21(19)17-23)18-24-9-10-26(39-24)20-3-6-22(7-4-20)28(29,30)31/h3-10,17,25H,11-16,18H2,1-2H3. The van der Waals surface area contributed by atoms with Crippen LogP contribution in [0, 0.1) is 0 Å². The third-order valence-electron chi connectivity index (χ3n) is 6.53. The molecule has 12 heteroatoms. The average Bonchev–Trinajstić information content (AvgIpc) is 3.27. The molecule has 2 aromatic carbocycles. The molecule has 1 atom stereocenters. The number of ether oxygens (including phenoxy) is 2. The SMILES string of the molecule is COC(=O)C(CCOS(C)(=O)=O)Oc1ccc2c(c1)CCN(Cc1ccc(-c3ccc(C(F)(F)F)cc3)s1)CC2. The van der Waals surface area contributed by atoms with Crippen molar-refractivity contribution in [1.82, 2.24) is 4.90 Å². The number of alkyl halides is 3. The maximum absolute atomic E-state index is 12.9. The summed E-state index contributed by atoms with van der Waals surface area (Å²) in [7, 11) is -2.40. The summed E-state index contributed by atoms with van der Waals surface area (Å²) in [6.07, 6.45) is -2.81.